The number of hydrogen-bond donors (Lipinski definition) is 1. The second-order valence-corrected chi connectivity index (χ2v) is 4.12. The van der Waals surface area contributed by atoms with Gasteiger partial charge in [0.05, 0.1) is 7.11 Å². The Bertz CT molecular complexity index is 540. The summed E-state index contributed by atoms with van der Waals surface area (Å²) >= 11 is 0. The van der Waals surface area contributed by atoms with Gasteiger partial charge in [-0.05, 0) is 36.8 Å². The Hall–Kier alpha value is -2.03. The molecule has 0 unspecified atom stereocenters. The van der Waals surface area contributed by atoms with Crippen molar-refractivity contribution in [2.24, 2.45) is 0 Å². The number of halogens is 1. The number of nitrogens with one attached hydrogen (secondary N) is 1. The lowest BCUT2D eigenvalue weighted by molar-refractivity contribution is 0.410. The largest absolute Gasteiger partial charge is 0.496 e. The fourth-order valence-electron chi connectivity index (χ4n) is 1.86. The quantitative estimate of drug-likeness (QED) is 0.885. The van der Waals surface area contributed by atoms with Crippen LogP contribution in [0.4, 0.5) is 10.1 Å². The number of anilines is 1. The van der Waals surface area contributed by atoms with Crippen LogP contribution in [0.3, 0.4) is 0 Å². The van der Waals surface area contributed by atoms with Gasteiger partial charge in [-0.25, -0.2) is 4.39 Å². The molecule has 0 bridgehead atoms. The minimum atomic E-state index is -0.213. The predicted octanol–water partition coefficient (Wildman–Crippen LogP) is 3.75. The molecular formula is C15H16FNO. The van der Waals surface area contributed by atoms with Crippen molar-refractivity contribution in [1.29, 1.82) is 0 Å². The molecule has 0 heterocycles. The van der Waals surface area contributed by atoms with Gasteiger partial charge in [0.1, 0.15) is 11.6 Å². The minimum Gasteiger partial charge on any atom is -0.496 e. The molecule has 0 aromatic heterocycles. The average molecular weight is 245 g/mol. The van der Waals surface area contributed by atoms with Crippen molar-refractivity contribution < 1.29 is 9.13 Å². The summed E-state index contributed by atoms with van der Waals surface area (Å²) in [7, 11) is 1.65. The molecule has 0 saturated carbocycles. The fraction of sp³-hybridized carbons (Fsp3) is 0.200. The van der Waals surface area contributed by atoms with Crippen molar-refractivity contribution in [2.45, 2.75) is 13.5 Å². The smallest absolute Gasteiger partial charge is 0.123 e. The second-order valence-electron chi connectivity index (χ2n) is 4.12. The molecule has 2 aromatic rings. The van der Waals surface area contributed by atoms with Gasteiger partial charge in [0, 0.05) is 17.8 Å². The van der Waals surface area contributed by atoms with Crippen LogP contribution in [-0.4, -0.2) is 7.11 Å². The van der Waals surface area contributed by atoms with Crippen molar-refractivity contribution in [3.63, 3.8) is 0 Å². The normalized spacial score (nSPS) is 10.2. The first-order chi connectivity index (χ1) is 8.70. The molecule has 0 spiro atoms. The maximum Gasteiger partial charge on any atom is 0.123 e. The Labute approximate surface area is 106 Å². The molecule has 94 valence electrons. The first-order valence-corrected chi connectivity index (χ1v) is 5.82. The summed E-state index contributed by atoms with van der Waals surface area (Å²) in [5.41, 5.74) is 2.90. The Kier molecular flexibility index (Phi) is 3.82. The summed E-state index contributed by atoms with van der Waals surface area (Å²) in [5, 5.41) is 3.28. The van der Waals surface area contributed by atoms with E-state index in [-0.39, 0.29) is 5.82 Å². The van der Waals surface area contributed by atoms with E-state index in [1.165, 1.54) is 12.1 Å². The molecular weight excluding hydrogens is 229 g/mol. The summed E-state index contributed by atoms with van der Waals surface area (Å²) in [6.45, 7) is 2.53. The third-order valence-corrected chi connectivity index (χ3v) is 2.85. The van der Waals surface area contributed by atoms with Crippen LogP contribution in [0.25, 0.3) is 0 Å². The summed E-state index contributed by atoms with van der Waals surface area (Å²) in [6.07, 6.45) is 0. The van der Waals surface area contributed by atoms with Crippen molar-refractivity contribution >= 4 is 5.69 Å². The van der Waals surface area contributed by atoms with Gasteiger partial charge in [0.2, 0.25) is 0 Å². The molecule has 0 amide bonds. The van der Waals surface area contributed by atoms with Crippen LogP contribution in [0.15, 0.2) is 42.5 Å². The molecule has 0 aliphatic heterocycles. The number of aryl methyl sites for hydroxylation is 1. The summed E-state index contributed by atoms with van der Waals surface area (Å²) in [6, 6.07) is 12.6. The van der Waals surface area contributed by atoms with Gasteiger partial charge in [-0.15, -0.1) is 0 Å². The molecule has 18 heavy (non-hydrogen) atoms. The lowest BCUT2D eigenvalue weighted by Gasteiger charge is -2.12. The van der Waals surface area contributed by atoms with E-state index < -0.39 is 0 Å². The zero-order valence-corrected chi connectivity index (χ0v) is 10.5. The van der Waals surface area contributed by atoms with Crippen LogP contribution in [0, 0.1) is 12.7 Å². The lowest BCUT2D eigenvalue weighted by atomic mass is 10.1. The van der Waals surface area contributed by atoms with Crippen molar-refractivity contribution in [1.82, 2.24) is 0 Å². The highest BCUT2D eigenvalue weighted by atomic mass is 19.1. The predicted molar refractivity (Wildman–Crippen MR) is 71.5 cm³/mol. The number of para-hydroxylation sites is 1. The Morgan fingerprint density at radius 2 is 1.94 bits per heavy atom. The third-order valence-electron chi connectivity index (χ3n) is 2.85. The molecule has 2 nitrogen and oxygen atoms in total. The van der Waals surface area contributed by atoms with Crippen LogP contribution in [0.2, 0.25) is 0 Å². The van der Waals surface area contributed by atoms with E-state index in [0.717, 1.165) is 22.6 Å². The Morgan fingerprint density at radius 1 is 1.17 bits per heavy atom. The molecule has 0 saturated heterocycles. The van der Waals surface area contributed by atoms with Crippen LogP contribution >= 0.6 is 0 Å². The van der Waals surface area contributed by atoms with Crippen LogP contribution in [0.1, 0.15) is 11.1 Å². The Balaban J connectivity index is 2.11. The topological polar surface area (TPSA) is 21.3 Å². The zero-order valence-electron chi connectivity index (χ0n) is 10.5. The molecule has 0 aliphatic rings. The molecule has 0 aliphatic carbocycles. The van der Waals surface area contributed by atoms with E-state index in [9.17, 15) is 4.39 Å². The fourth-order valence-corrected chi connectivity index (χ4v) is 1.86. The lowest BCUT2D eigenvalue weighted by Crippen LogP contribution is -2.03. The Morgan fingerprint density at radius 3 is 2.67 bits per heavy atom. The monoisotopic (exact) mass is 245 g/mol. The van der Waals surface area contributed by atoms with E-state index in [0.29, 0.717) is 6.54 Å². The van der Waals surface area contributed by atoms with E-state index in [1.54, 1.807) is 13.2 Å². The van der Waals surface area contributed by atoms with Crippen LogP contribution in [0.5, 0.6) is 5.75 Å². The van der Waals surface area contributed by atoms with E-state index in [1.807, 2.05) is 31.2 Å². The van der Waals surface area contributed by atoms with Crippen LogP contribution in [-0.2, 0) is 6.54 Å². The summed E-state index contributed by atoms with van der Waals surface area (Å²) < 4.78 is 18.3. The SMILES string of the molecule is COc1ccccc1CNc1ccc(F)cc1C. The average Bonchev–Trinajstić information content (AvgIpc) is 2.38. The van der Waals surface area contributed by atoms with Gasteiger partial charge in [0.15, 0.2) is 0 Å². The molecule has 0 atom stereocenters. The minimum absolute atomic E-state index is 0.213. The summed E-state index contributed by atoms with van der Waals surface area (Å²) in [4.78, 5) is 0. The van der Waals surface area contributed by atoms with E-state index in [4.69, 9.17) is 4.74 Å². The molecule has 3 heteroatoms. The van der Waals surface area contributed by atoms with Gasteiger partial charge in [-0.1, -0.05) is 18.2 Å². The number of methoxy groups -OCH3 is 1. The number of benzene rings is 2. The van der Waals surface area contributed by atoms with Gasteiger partial charge in [-0.3, -0.25) is 0 Å². The standard InChI is InChI=1S/C15H16FNO/c1-11-9-13(16)7-8-14(11)17-10-12-5-3-4-6-15(12)18-2/h3-9,17H,10H2,1-2H3. The third kappa shape index (κ3) is 2.80. The molecule has 2 aromatic carbocycles. The number of hydrogen-bond acceptors (Lipinski definition) is 2. The van der Waals surface area contributed by atoms with E-state index >= 15 is 0 Å². The highest BCUT2D eigenvalue weighted by molar-refractivity contribution is 5.51. The second kappa shape index (κ2) is 5.54. The van der Waals surface area contributed by atoms with Gasteiger partial charge in [-0.2, -0.15) is 0 Å². The van der Waals surface area contributed by atoms with Crippen molar-refractivity contribution in [3.05, 3.63) is 59.4 Å². The molecule has 0 radical (unpaired) electrons. The maximum absolute atomic E-state index is 13.0. The first-order valence-electron chi connectivity index (χ1n) is 5.82. The van der Waals surface area contributed by atoms with Crippen molar-refractivity contribution in [2.75, 3.05) is 12.4 Å². The summed E-state index contributed by atoms with van der Waals surface area (Å²) in [5.74, 6) is 0.639. The van der Waals surface area contributed by atoms with Gasteiger partial charge in [0.25, 0.3) is 0 Å². The first kappa shape index (κ1) is 12.4. The number of ether oxygens (including phenoxy) is 1. The van der Waals surface area contributed by atoms with Gasteiger partial charge < -0.3 is 10.1 Å². The number of rotatable bonds is 4. The van der Waals surface area contributed by atoms with Gasteiger partial charge >= 0.3 is 0 Å². The zero-order chi connectivity index (χ0) is 13.0. The molecule has 2 rings (SSSR count). The highest BCUT2D eigenvalue weighted by Crippen LogP contribution is 2.21. The molecule has 1 N–H and O–H groups in total. The highest BCUT2D eigenvalue weighted by Gasteiger charge is 2.03. The maximum atomic E-state index is 13.0. The van der Waals surface area contributed by atoms with Crippen molar-refractivity contribution in [3.8, 4) is 5.75 Å². The molecule has 0 fully saturated rings. The van der Waals surface area contributed by atoms with E-state index in [2.05, 4.69) is 5.32 Å². The van der Waals surface area contributed by atoms with Crippen LogP contribution < -0.4 is 10.1 Å².